The lowest BCUT2D eigenvalue weighted by molar-refractivity contribution is -0.220. The van der Waals surface area contributed by atoms with Crippen LogP contribution in [0.25, 0.3) is 0 Å². The van der Waals surface area contributed by atoms with Crippen molar-refractivity contribution in [1.82, 2.24) is 5.32 Å². The Balaban J connectivity index is 1.63. The molecule has 1 aromatic carbocycles. The second-order valence-corrected chi connectivity index (χ2v) is 6.68. The van der Waals surface area contributed by atoms with Crippen molar-refractivity contribution in [2.75, 3.05) is 20.8 Å². The summed E-state index contributed by atoms with van der Waals surface area (Å²) in [6, 6.07) is 5.46. The van der Waals surface area contributed by atoms with Crippen LogP contribution in [0.5, 0.6) is 0 Å². The summed E-state index contributed by atoms with van der Waals surface area (Å²) in [6.45, 7) is 1.68. The predicted octanol–water partition coefficient (Wildman–Crippen LogP) is 1.13. The molecular weight excluding hydrogens is 359 g/mol. The Labute approximate surface area is 155 Å². The van der Waals surface area contributed by atoms with Gasteiger partial charge in [-0.3, -0.25) is 4.79 Å². The van der Waals surface area contributed by atoms with Crippen LogP contribution >= 0.6 is 0 Å². The number of halogens is 1. The summed E-state index contributed by atoms with van der Waals surface area (Å²) < 4.78 is 28.7. The highest BCUT2D eigenvalue weighted by Crippen LogP contribution is 2.31. The molecule has 146 valence electrons. The van der Waals surface area contributed by atoms with Crippen molar-refractivity contribution in [3.63, 3.8) is 0 Å². The zero-order chi connectivity index (χ0) is 19.7. The van der Waals surface area contributed by atoms with Crippen LogP contribution in [0.2, 0.25) is 0 Å². The molecule has 0 bridgehead atoms. The number of methoxy groups -OCH3 is 2. The van der Waals surface area contributed by atoms with Crippen molar-refractivity contribution in [1.29, 1.82) is 0 Å². The van der Waals surface area contributed by atoms with Gasteiger partial charge in [-0.1, -0.05) is 17.3 Å². The highest BCUT2D eigenvalue weighted by Gasteiger charge is 2.51. The van der Waals surface area contributed by atoms with Gasteiger partial charge in [0.1, 0.15) is 5.82 Å². The summed E-state index contributed by atoms with van der Waals surface area (Å²) in [7, 11) is 2.57. The van der Waals surface area contributed by atoms with Gasteiger partial charge in [-0.25, -0.2) is 9.18 Å². The lowest BCUT2D eigenvalue weighted by Gasteiger charge is -2.24. The number of esters is 1. The molecule has 0 spiro atoms. The van der Waals surface area contributed by atoms with Gasteiger partial charge in [-0.05, 0) is 19.1 Å². The first-order valence-corrected chi connectivity index (χ1v) is 8.41. The third-order valence-corrected chi connectivity index (χ3v) is 4.69. The van der Waals surface area contributed by atoms with E-state index in [1.807, 2.05) is 0 Å². The van der Waals surface area contributed by atoms with E-state index < -0.39 is 35.1 Å². The van der Waals surface area contributed by atoms with Crippen LogP contribution in [0.3, 0.4) is 0 Å². The van der Waals surface area contributed by atoms with Crippen molar-refractivity contribution in [3.05, 3.63) is 35.6 Å². The Morgan fingerprint density at radius 1 is 1.37 bits per heavy atom. The zero-order valence-corrected chi connectivity index (χ0v) is 15.3. The average Bonchev–Trinajstić information content (AvgIpc) is 3.26. The number of hydrogen-bond donors (Lipinski definition) is 1. The maximum Gasteiger partial charge on any atom is 0.366 e. The monoisotopic (exact) mass is 380 g/mol. The van der Waals surface area contributed by atoms with Crippen molar-refractivity contribution in [3.8, 4) is 0 Å². The van der Waals surface area contributed by atoms with E-state index in [4.69, 9.17) is 19.0 Å². The first-order valence-electron chi connectivity index (χ1n) is 8.41. The maximum absolute atomic E-state index is 13.4. The number of carbonyl (C=O) groups excluding carboxylic acids is 2. The van der Waals surface area contributed by atoms with Gasteiger partial charge in [-0.2, -0.15) is 0 Å². The van der Waals surface area contributed by atoms with Crippen molar-refractivity contribution in [2.24, 2.45) is 5.16 Å². The molecule has 1 aromatic rings. The zero-order valence-electron chi connectivity index (χ0n) is 15.3. The number of benzene rings is 1. The van der Waals surface area contributed by atoms with Crippen LogP contribution in [0, 0.1) is 5.82 Å². The van der Waals surface area contributed by atoms with Gasteiger partial charge in [0.2, 0.25) is 5.60 Å². The van der Waals surface area contributed by atoms with E-state index in [9.17, 15) is 14.0 Å². The Morgan fingerprint density at radius 3 is 2.81 bits per heavy atom. The van der Waals surface area contributed by atoms with E-state index in [1.54, 1.807) is 19.1 Å². The third kappa shape index (κ3) is 3.65. The van der Waals surface area contributed by atoms with Crippen molar-refractivity contribution < 1.29 is 33.0 Å². The van der Waals surface area contributed by atoms with Crippen molar-refractivity contribution >= 4 is 17.6 Å². The first-order chi connectivity index (χ1) is 12.8. The minimum absolute atomic E-state index is 0.0857. The van der Waals surface area contributed by atoms with Crippen LogP contribution in [-0.2, 0) is 28.6 Å². The molecule has 1 amide bonds. The maximum atomic E-state index is 13.4. The molecule has 2 aliphatic heterocycles. The third-order valence-electron chi connectivity index (χ3n) is 4.69. The molecule has 2 heterocycles. The van der Waals surface area contributed by atoms with E-state index in [1.165, 1.54) is 26.4 Å². The molecule has 0 aromatic heterocycles. The molecule has 27 heavy (non-hydrogen) atoms. The quantitative estimate of drug-likeness (QED) is 0.770. The molecule has 1 unspecified atom stereocenters. The first kappa shape index (κ1) is 19.2. The van der Waals surface area contributed by atoms with E-state index in [-0.39, 0.29) is 19.4 Å². The normalized spacial score (nSPS) is 29.8. The summed E-state index contributed by atoms with van der Waals surface area (Å²) in [6.07, 6.45) is 0.290. The molecule has 0 aliphatic carbocycles. The van der Waals surface area contributed by atoms with Gasteiger partial charge in [0.25, 0.3) is 11.7 Å². The van der Waals surface area contributed by atoms with E-state index in [2.05, 4.69) is 10.5 Å². The fourth-order valence-corrected chi connectivity index (χ4v) is 3.12. The summed E-state index contributed by atoms with van der Waals surface area (Å²) in [4.78, 5) is 30.0. The van der Waals surface area contributed by atoms with Crippen LogP contribution < -0.4 is 5.32 Å². The largest absolute Gasteiger partial charge is 0.465 e. The summed E-state index contributed by atoms with van der Waals surface area (Å²) in [5, 5.41) is 6.73. The summed E-state index contributed by atoms with van der Waals surface area (Å²) in [5.74, 6) is -3.01. The second-order valence-electron chi connectivity index (χ2n) is 6.68. The van der Waals surface area contributed by atoms with Crippen LogP contribution in [0.4, 0.5) is 4.39 Å². The van der Waals surface area contributed by atoms with Crippen LogP contribution in [0.1, 0.15) is 25.3 Å². The lowest BCUT2D eigenvalue weighted by Crippen LogP contribution is -2.50. The number of rotatable bonds is 5. The molecule has 0 saturated carbocycles. The van der Waals surface area contributed by atoms with Gasteiger partial charge < -0.3 is 24.4 Å². The molecule has 3 atom stereocenters. The molecule has 1 N–H and O–H groups in total. The highest BCUT2D eigenvalue weighted by molar-refractivity contribution is 6.05. The number of nitrogens with zero attached hydrogens (tertiary/aromatic N) is 1. The molecule has 1 saturated heterocycles. The van der Waals surface area contributed by atoms with Crippen molar-refractivity contribution in [2.45, 2.75) is 37.2 Å². The van der Waals surface area contributed by atoms with Gasteiger partial charge in [-0.15, -0.1) is 0 Å². The van der Waals surface area contributed by atoms with E-state index in [0.717, 1.165) is 0 Å². The minimum Gasteiger partial charge on any atom is -0.465 e. The number of ether oxygens (including phenoxy) is 3. The number of nitrogens with one attached hydrogen (secondary N) is 1. The highest BCUT2D eigenvalue weighted by atomic mass is 19.1. The SMILES string of the molecule is COC(=O)[C@@]1(OC)C[C@@H](NC(=O)C2(C)CC(c3cccc(F)c3)=NO2)CO1. The average molecular weight is 380 g/mol. The van der Waals surface area contributed by atoms with Crippen LogP contribution in [-0.4, -0.2) is 55.8 Å². The fourth-order valence-electron chi connectivity index (χ4n) is 3.12. The molecule has 8 nitrogen and oxygen atoms in total. The predicted molar refractivity (Wildman–Crippen MR) is 91.3 cm³/mol. The van der Waals surface area contributed by atoms with E-state index >= 15 is 0 Å². The molecule has 9 heteroatoms. The molecular formula is C18H21FN2O6. The fraction of sp³-hybridized carbons (Fsp3) is 0.500. The van der Waals surface area contributed by atoms with Gasteiger partial charge in [0.05, 0.1) is 25.5 Å². The molecule has 2 aliphatic rings. The number of hydrogen-bond acceptors (Lipinski definition) is 7. The van der Waals surface area contributed by atoms with Gasteiger partial charge >= 0.3 is 5.97 Å². The summed E-state index contributed by atoms with van der Waals surface area (Å²) >= 11 is 0. The Morgan fingerprint density at radius 2 is 2.15 bits per heavy atom. The lowest BCUT2D eigenvalue weighted by atomic mass is 9.94. The Bertz CT molecular complexity index is 785. The van der Waals surface area contributed by atoms with Gasteiger partial charge in [0.15, 0.2) is 0 Å². The Kier molecular flexibility index (Phi) is 5.16. The number of amides is 1. The minimum atomic E-state index is -1.53. The van der Waals surface area contributed by atoms with E-state index in [0.29, 0.717) is 11.3 Å². The number of carbonyl (C=O) groups is 2. The topological polar surface area (TPSA) is 95.5 Å². The van der Waals surface area contributed by atoms with Gasteiger partial charge in [0, 0.05) is 25.5 Å². The molecule has 1 fully saturated rings. The smallest absolute Gasteiger partial charge is 0.366 e. The second kappa shape index (κ2) is 7.24. The molecule has 3 rings (SSSR count). The summed E-state index contributed by atoms with van der Waals surface area (Å²) in [5.41, 5.74) is -0.207. The number of oxime groups is 1. The molecule has 0 radical (unpaired) electrons. The Hall–Kier alpha value is -2.52. The standard InChI is InChI=1S/C18H21FN2O6/c1-17(9-14(21-27-17)11-5-4-6-12(19)7-11)15(22)20-13-8-18(25-3,26-10-13)16(23)24-2/h4-7,13H,8-10H2,1-3H3,(H,20,22)/t13-,17?,18-/m1/s1. The van der Waals surface area contributed by atoms with Crippen LogP contribution in [0.15, 0.2) is 29.4 Å².